The number of hydrogen-bond donors (Lipinski definition) is 1. The van der Waals surface area contributed by atoms with Crippen molar-refractivity contribution in [3.63, 3.8) is 0 Å². The number of halogens is 1. The Kier molecular flexibility index (Phi) is 10.3. The van der Waals surface area contributed by atoms with Gasteiger partial charge in [0, 0.05) is 38.1 Å². The summed E-state index contributed by atoms with van der Waals surface area (Å²) in [5, 5.41) is 3.35. The SMILES string of the molecule is CCCNC(=O)[C@@H](C)N(Cc1ccccc1Cl)C(=O)CCCN(C)S(=O)(=O)c1ccccc1. The van der Waals surface area contributed by atoms with Crippen LogP contribution in [0.4, 0.5) is 0 Å². The molecule has 0 spiro atoms. The molecule has 0 aliphatic rings. The zero-order chi connectivity index (χ0) is 24.4. The Hall–Kier alpha value is -2.42. The van der Waals surface area contributed by atoms with Crippen molar-refractivity contribution in [3.8, 4) is 0 Å². The van der Waals surface area contributed by atoms with Crippen molar-refractivity contribution in [1.29, 1.82) is 0 Å². The van der Waals surface area contributed by atoms with Crippen LogP contribution in [-0.4, -0.2) is 55.6 Å². The van der Waals surface area contributed by atoms with Crippen LogP contribution in [0.15, 0.2) is 59.5 Å². The van der Waals surface area contributed by atoms with Crippen molar-refractivity contribution in [1.82, 2.24) is 14.5 Å². The predicted octanol–water partition coefficient (Wildman–Crippen LogP) is 3.68. The lowest BCUT2D eigenvalue weighted by Crippen LogP contribution is -2.47. The monoisotopic (exact) mass is 493 g/mol. The molecule has 2 rings (SSSR count). The third-order valence-electron chi connectivity index (χ3n) is 5.33. The largest absolute Gasteiger partial charge is 0.354 e. The van der Waals surface area contributed by atoms with E-state index < -0.39 is 16.1 Å². The first-order chi connectivity index (χ1) is 15.7. The fourth-order valence-corrected chi connectivity index (χ4v) is 4.70. The maximum absolute atomic E-state index is 13.1. The summed E-state index contributed by atoms with van der Waals surface area (Å²) in [6, 6.07) is 14.7. The van der Waals surface area contributed by atoms with E-state index in [1.807, 2.05) is 19.1 Å². The van der Waals surface area contributed by atoms with Gasteiger partial charge in [0.15, 0.2) is 0 Å². The number of carbonyl (C=O) groups is 2. The molecule has 0 aliphatic heterocycles. The molecule has 1 N–H and O–H groups in total. The molecule has 7 nitrogen and oxygen atoms in total. The summed E-state index contributed by atoms with van der Waals surface area (Å²) >= 11 is 6.28. The second-order valence-electron chi connectivity index (χ2n) is 7.82. The molecule has 9 heteroatoms. The van der Waals surface area contributed by atoms with Crippen molar-refractivity contribution in [2.45, 2.75) is 50.6 Å². The molecule has 0 heterocycles. The highest BCUT2D eigenvalue weighted by Crippen LogP contribution is 2.20. The molecular weight excluding hydrogens is 462 g/mol. The lowest BCUT2D eigenvalue weighted by molar-refractivity contribution is -0.140. The Morgan fingerprint density at radius 2 is 1.70 bits per heavy atom. The van der Waals surface area contributed by atoms with Gasteiger partial charge in [-0.2, -0.15) is 0 Å². The van der Waals surface area contributed by atoms with Crippen LogP contribution in [0.5, 0.6) is 0 Å². The molecule has 0 saturated heterocycles. The van der Waals surface area contributed by atoms with Gasteiger partial charge in [-0.1, -0.05) is 54.9 Å². The van der Waals surface area contributed by atoms with Gasteiger partial charge in [-0.3, -0.25) is 9.59 Å². The molecule has 0 aromatic heterocycles. The summed E-state index contributed by atoms with van der Waals surface area (Å²) in [5.41, 5.74) is 0.742. The van der Waals surface area contributed by atoms with Crippen LogP contribution in [0.25, 0.3) is 0 Å². The van der Waals surface area contributed by atoms with Gasteiger partial charge in [-0.05, 0) is 43.5 Å². The molecule has 0 fully saturated rings. The van der Waals surface area contributed by atoms with Crippen molar-refractivity contribution in [2.24, 2.45) is 0 Å². The van der Waals surface area contributed by atoms with Crippen LogP contribution in [0.1, 0.15) is 38.7 Å². The third-order valence-corrected chi connectivity index (χ3v) is 7.57. The summed E-state index contributed by atoms with van der Waals surface area (Å²) in [7, 11) is -2.13. The van der Waals surface area contributed by atoms with Crippen LogP contribution in [0.2, 0.25) is 5.02 Å². The smallest absolute Gasteiger partial charge is 0.242 e. The Balaban J connectivity index is 2.07. The Labute approximate surface area is 201 Å². The summed E-state index contributed by atoms with van der Waals surface area (Å²) in [5.74, 6) is -0.472. The van der Waals surface area contributed by atoms with Gasteiger partial charge in [0.1, 0.15) is 6.04 Å². The first-order valence-electron chi connectivity index (χ1n) is 11.0. The van der Waals surface area contributed by atoms with E-state index in [0.717, 1.165) is 12.0 Å². The molecule has 0 aliphatic carbocycles. The van der Waals surface area contributed by atoms with E-state index in [2.05, 4.69) is 5.32 Å². The fourth-order valence-electron chi connectivity index (χ4n) is 3.28. The average molecular weight is 494 g/mol. The number of rotatable bonds is 12. The van der Waals surface area contributed by atoms with Crippen LogP contribution in [-0.2, 0) is 26.2 Å². The van der Waals surface area contributed by atoms with E-state index in [4.69, 9.17) is 11.6 Å². The molecule has 1 atom stereocenters. The molecule has 2 aromatic rings. The second-order valence-corrected chi connectivity index (χ2v) is 10.3. The van der Waals surface area contributed by atoms with Crippen molar-refractivity contribution in [2.75, 3.05) is 20.1 Å². The summed E-state index contributed by atoms with van der Waals surface area (Å²) in [6.07, 6.45) is 1.22. The lowest BCUT2D eigenvalue weighted by Gasteiger charge is -2.29. The molecule has 0 bridgehead atoms. The molecule has 2 amide bonds. The normalized spacial score (nSPS) is 12.4. The zero-order valence-corrected chi connectivity index (χ0v) is 20.9. The number of sulfonamides is 1. The second kappa shape index (κ2) is 12.7. The maximum atomic E-state index is 13.1. The van der Waals surface area contributed by atoms with Gasteiger partial charge in [0.25, 0.3) is 0 Å². The van der Waals surface area contributed by atoms with Gasteiger partial charge in [-0.15, -0.1) is 0 Å². The van der Waals surface area contributed by atoms with E-state index in [1.165, 1.54) is 16.3 Å². The average Bonchev–Trinajstić information content (AvgIpc) is 2.81. The van der Waals surface area contributed by atoms with Gasteiger partial charge < -0.3 is 10.2 Å². The molecule has 0 radical (unpaired) electrons. The molecule has 0 unspecified atom stereocenters. The van der Waals surface area contributed by atoms with Crippen LogP contribution >= 0.6 is 11.6 Å². The van der Waals surface area contributed by atoms with Crippen LogP contribution in [0.3, 0.4) is 0 Å². The Morgan fingerprint density at radius 3 is 2.33 bits per heavy atom. The van der Waals surface area contributed by atoms with E-state index in [-0.39, 0.29) is 36.2 Å². The zero-order valence-electron chi connectivity index (χ0n) is 19.3. The number of amides is 2. The molecule has 180 valence electrons. The lowest BCUT2D eigenvalue weighted by atomic mass is 10.1. The Bertz CT molecular complexity index is 1030. The summed E-state index contributed by atoms with van der Waals surface area (Å²) in [4.78, 5) is 27.4. The summed E-state index contributed by atoms with van der Waals surface area (Å²) < 4.78 is 26.6. The molecular formula is C24H32ClN3O4S. The standard InChI is InChI=1S/C24H32ClN3O4S/c1-4-16-26-24(30)19(2)28(18-20-11-8-9-14-22(20)25)23(29)15-10-17-27(3)33(31,32)21-12-6-5-7-13-21/h5-9,11-14,19H,4,10,15-18H2,1-3H3,(H,26,30)/t19-/m1/s1. The Morgan fingerprint density at radius 1 is 1.06 bits per heavy atom. The third kappa shape index (κ3) is 7.55. The topological polar surface area (TPSA) is 86.8 Å². The maximum Gasteiger partial charge on any atom is 0.242 e. The highest BCUT2D eigenvalue weighted by atomic mass is 35.5. The van der Waals surface area contributed by atoms with E-state index in [9.17, 15) is 18.0 Å². The van der Waals surface area contributed by atoms with Crippen LogP contribution < -0.4 is 5.32 Å². The number of benzene rings is 2. The first-order valence-corrected chi connectivity index (χ1v) is 12.8. The number of carbonyl (C=O) groups excluding carboxylic acids is 2. The molecule has 33 heavy (non-hydrogen) atoms. The molecule has 2 aromatic carbocycles. The van der Waals surface area contributed by atoms with Crippen LogP contribution in [0, 0.1) is 0 Å². The highest BCUT2D eigenvalue weighted by Gasteiger charge is 2.27. The quantitative estimate of drug-likeness (QED) is 0.488. The van der Waals surface area contributed by atoms with Crippen molar-refractivity contribution < 1.29 is 18.0 Å². The van der Waals surface area contributed by atoms with E-state index in [1.54, 1.807) is 49.4 Å². The minimum Gasteiger partial charge on any atom is -0.354 e. The predicted molar refractivity (Wildman–Crippen MR) is 130 cm³/mol. The van der Waals surface area contributed by atoms with Gasteiger partial charge in [-0.25, -0.2) is 12.7 Å². The van der Waals surface area contributed by atoms with Crippen molar-refractivity contribution in [3.05, 3.63) is 65.2 Å². The highest BCUT2D eigenvalue weighted by molar-refractivity contribution is 7.89. The fraction of sp³-hybridized carbons (Fsp3) is 0.417. The number of hydrogen-bond acceptors (Lipinski definition) is 4. The molecule has 0 saturated carbocycles. The van der Waals surface area contributed by atoms with E-state index >= 15 is 0 Å². The minimum atomic E-state index is -3.62. The van der Waals surface area contributed by atoms with Gasteiger partial charge in [0.05, 0.1) is 4.90 Å². The van der Waals surface area contributed by atoms with Crippen molar-refractivity contribution >= 4 is 33.4 Å². The van der Waals surface area contributed by atoms with E-state index in [0.29, 0.717) is 18.0 Å². The summed E-state index contributed by atoms with van der Waals surface area (Å²) in [6.45, 7) is 4.54. The number of nitrogens with zero attached hydrogens (tertiary/aromatic N) is 2. The first kappa shape index (κ1) is 26.8. The number of nitrogens with one attached hydrogen (secondary N) is 1. The van der Waals surface area contributed by atoms with Gasteiger partial charge in [0.2, 0.25) is 21.8 Å². The van der Waals surface area contributed by atoms with Gasteiger partial charge >= 0.3 is 0 Å². The minimum absolute atomic E-state index is 0.102.